The standard InChI is InChI=1S/C9H13N3O5/c1-5(2-8(15)16)11-6(13)4-12-7(14)3-10-9(12)17/h5H,2-4H2,1H3,(H,10,17)(H,11,13)(H,15,16). The zero-order valence-corrected chi connectivity index (χ0v) is 9.23. The van der Waals surface area contributed by atoms with Crippen molar-refractivity contribution in [2.45, 2.75) is 19.4 Å². The first-order valence-electron chi connectivity index (χ1n) is 4.99. The van der Waals surface area contributed by atoms with Gasteiger partial charge in [-0.1, -0.05) is 0 Å². The number of hydrogen-bond acceptors (Lipinski definition) is 4. The number of carbonyl (C=O) groups excluding carboxylic acids is 3. The van der Waals surface area contributed by atoms with Gasteiger partial charge in [-0.2, -0.15) is 0 Å². The van der Waals surface area contributed by atoms with Crippen molar-refractivity contribution in [1.82, 2.24) is 15.5 Å². The highest BCUT2D eigenvalue weighted by atomic mass is 16.4. The second-order valence-corrected chi connectivity index (χ2v) is 3.71. The summed E-state index contributed by atoms with van der Waals surface area (Å²) in [6.07, 6.45) is -0.216. The van der Waals surface area contributed by atoms with E-state index >= 15 is 0 Å². The van der Waals surface area contributed by atoms with Gasteiger partial charge < -0.3 is 15.7 Å². The number of nitrogens with zero attached hydrogens (tertiary/aromatic N) is 1. The zero-order chi connectivity index (χ0) is 13.0. The van der Waals surface area contributed by atoms with Crippen molar-refractivity contribution in [3.63, 3.8) is 0 Å². The molecule has 0 bridgehead atoms. The highest BCUT2D eigenvalue weighted by Crippen LogP contribution is 1.98. The highest BCUT2D eigenvalue weighted by Gasteiger charge is 2.30. The zero-order valence-electron chi connectivity index (χ0n) is 9.23. The van der Waals surface area contributed by atoms with Gasteiger partial charge in [-0.3, -0.25) is 19.3 Å². The Kier molecular flexibility index (Phi) is 4.02. The van der Waals surface area contributed by atoms with E-state index in [1.54, 1.807) is 0 Å². The van der Waals surface area contributed by atoms with Gasteiger partial charge in [0.2, 0.25) is 5.91 Å². The fraction of sp³-hybridized carbons (Fsp3) is 0.556. The van der Waals surface area contributed by atoms with E-state index in [4.69, 9.17) is 5.11 Å². The van der Waals surface area contributed by atoms with Crippen molar-refractivity contribution >= 4 is 23.8 Å². The monoisotopic (exact) mass is 243 g/mol. The molecule has 0 saturated carbocycles. The third-order valence-corrected chi connectivity index (χ3v) is 2.13. The Morgan fingerprint density at radius 3 is 2.65 bits per heavy atom. The molecule has 1 atom stereocenters. The molecule has 1 aliphatic rings. The number of hydrogen-bond donors (Lipinski definition) is 3. The minimum Gasteiger partial charge on any atom is -0.481 e. The molecule has 0 aromatic heterocycles. The molecule has 4 amide bonds. The third kappa shape index (κ3) is 3.74. The summed E-state index contributed by atoms with van der Waals surface area (Å²) in [5.74, 6) is -2.08. The van der Waals surface area contributed by atoms with Crippen LogP contribution in [-0.2, 0) is 14.4 Å². The van der Waals surface area contributed by atoms with Crippen LogP contribution in [0.3, 0.4) is 0 Å². The van der Waals surface area contributed by atoms with Gasteiger partial charge in [-0.15, -0.1) is 0 Å². The second-order valence-electron chi connectivity index (χ2n) is 3.71. The predicted molar refractivity (Wildman–Crippen MR) is 55.0 cm³/mol. The van der Waals surface area contributed by atoms with Crippen molar-refractivity contribution in [1.29, 1.82) is 0 Å². The number of carbonyl (C=O) groups is 4. The molecule has 94 valence electrons. The topological polar surface area (TPSA) is 116 Å². The molecule has 0 radical (unpaired) electrons. The van der Waals surface area contributed by atoms with Crippen LogP contribution in [-0.4, -0.2) is 53.0 Å². The quantitative estimate of drug-likeness (QED) is 0.509. The Bertz CT molecular complexity index is 352. The number of amides is 4. The number of carboxylic acid groups (broad SMARTS) is 1. The summed E-state index contributed by atoms with van der Waals surface area (Å²) in [5.41, 5.74) is 0. The second kappa shape index (κ2) is 5.28. The Balaban J connectivity index is 2.41. The molecule has 0 aliphatic carbocycles. The molecular weight excluding hydrogens is 230 g/mol. The van der Waals surface area contributed by atoms with Crippen LogP contribution >= 0.6 is 0 Å². The van der Waals surface area contributed by atoms with Gasteiger partial charge in [0.25, 0.3) is 5.91 Å². The maximum absolute atomic E-state index is 11.4. The summed E-state index contributed by atoms with van der Waals surface area (Å²) < 4.78 is 0. The van der Waals surface area contributed by atoms with Gasteiger partial charge in [0.15, 0.2) is 0 Å². The molecule has 0 aromatic carbocycles. The first-order valence-corrected chi connectivity index (χ1v) is 4.99. The Labute approximate surface area is 97.0 Å². The van der Waals surface area contributed by atoms with Crippen LogP contribution in [0.2, 0.25) is 0 Å². The van der Waals surface area contributed by atoms with Crippen LogP contribution in [0.1, 0.15) is 13.3 Å². The SMILES string of the molecule is CC(CC(=O)O)NC(=O)CN1C(=O)CNC1=O. The number of imide groups is 1. The smallest absolute Gasteiger partial charge is 0.325 e. The van der Waals surface area contributed by atoms with Crippen LogP contribution in [0, 0.1) is 0 Å². The molecule has 1 saturated heterocycles. The van der Waals surface area contributed by atoms with Gasteiger partial charge in [0.1, 0.15) is 6.54 Å². The Morgan fingerprint density at radius 2 is 2.18 bits per heavy atom. The van der Waals surface area contributed by atoms with Gasteiger partial charge in [-0.25, -0.2) is 4.79 Å². The van der Waals surface area contributed by atoms with Crippen molar-refractivity contribution in [3.8, 4) is 0 Å². The molecule has 1 unspecified atom stereocenters. The van der Waals surface area contributed by atoms with E-state index in [2.05, 4.69) is 10.6 Å². The molecule has 17 heavy (non-hydrogen) atoms. The van der Waals surface area contributed by atoms with E-state index in [-0.39, 0.29) is 13.0 Å². The predicted octanol–water partition coefficient (Wildman–Crippen LogP) is -1.48. The molecule has 1 fully saturated rings. The van der Waals surface area contributed by atoms with E-state index in [0.717, 1.165) is 4.90 Å². The first kappa shape index (κ1) is 12.9. The lowest BCUT2D eigenvalue weighted by atomic mass is 10.2. The molecule has 0 aromatic rings. The molecule has 3 N–H and O–H groups in total. The van der Waals surface area contributed by atoms with Crippen molar-refractivity contribution in [3.05, 3.63) is 0 Å². The van der Waals surface area contributed by atoms with Gasteiger partial charge in [0, 0.05) is 6.04 Å². The number of aliphatic carboxylic acids is 1. The molecule has 0 spiro atoms. The van der Waals surface area contributed by atoms with E-state index in [1.807, 2.05) is 0 Å². The number of rotatable bonds is 5. The lowest BCUT2D eigenvalue weighted by Crippen LogP contribution is -2.44. The lowest BCUT2D eigenvalue weighted by Gasteiger charge is -2.15. The largest absolute Gasteiger partial charge is 0.481 e. The maximum Gasteiger partial charge on any atom is 0.325 e. The van der Waals surface area contributed by atoms with Crippen LogP contribution in [0.4, 0.5) is 4.79 Å². The van der Waals surface area contributed by atoms with Crippen molar-refractivity contribution in [2.24, 2.45) is 0 Å². The normalized spacial score (nSPS) is 16.6. The fourth-order valence-electron chi connectivity index (χ4n) is 1.39. The highest BCUT2D eigenvalue weighted by molar-refractivity contribution is 6.04. The number of urea groups is 1. The summed E-state index contributed by atoms with van der Waals surface area (Å²) in [7, 11) is 0. The van der Waals surface area contributed by atoms with E-state index in [1.165, 1.54) is 6.92 Å². The minimum absolute atomic E-state index is 0.114. The summed E-state index contributed by atoms with van der Waals surface area (Å²) >= 11 is 0. The van der Waals surface area contributed by atoms with Gasteiger partial charge in [0.05, 0.1) is 13.0 Å². The lowest BCUT2D eigenvalue weighted by molar-refractivity contribution is -0.138. The van der Waals surface area contributed by atoms with Gasteiger partial charge >= 0.3 is 12.0 Å². The number of carboxylic acids is 1. The summed E-state index contributed by atoms with van der Waals surface area (Å²) in [4.78, 5) is 44.8. The Hall–Kier alpha value is -2.12. The van der Waals surface area contributed by atoms with Crippen molar-refractivity contribution < 1.29 is 24.3 Å². The van der Waals surface area contributed by atoms with Crippen molar-refractivity contribution in [2.75, 3.05) is 13.1 Å². The average molecular weight is 243 g/mol. The minimum atomic E-state index is -1.03. The fourth-order valence-corrected chi connectivity index (χ4v) is 1.39. The molecule has 1 heterocycles. The van der Waals surface area contributed by atoms with Crippen LogP contribution in [0.25, 0.3) is 0 Å². The van der Waals surface area contributed by atoms with Crippen LogP contribution in [0.5, 0.6) is 0 Å². The Morgan fingerprint density at radius 1 is 1.53 bits per heavy atom. The maximum atomic E-state index is 11.4. The first-order chi connectivity index (χ1) is 7.90. The molecule has 1 rings (SSSR count). The molecule has 8 heteroatoms. The molecule has 1 aliphatic heterocycles. The summed E-state index contributed by atoms with van der Waals surface area (Å²) in [6.45, 7) is 1.02. The summed E-state index contributed by atoms with van der Waals surface area (Å²) in [5, 5.41) is 13.1. The van der Waals surface area contributed by atoms with E-state index in [0.29, 0.717) is 0 Å². The van der Waals surface area contributed by atoms with E-state index < -0.39 is 36.4 Å². The summed E-state index contributed by atoms with van der Waals surface area (Å²) in [6, 6.07) is -1.17. The third-order valence-electron chi connectivity index (χ3n) is 2.13. The molecular formula is C9H13N3O5. The van der Waals surface area contributed by atoms with E-state index in [9.17, 15) is 19.2 Å². The molecule has 8 nitrogen and oxygen atoms in total. The number of nitrogens with one attached hydrogen (secondary N) is 2. The van der Waals surface area contributed by atoms with Gasteiger partial charge in [-0.05, 0) is 6.92 Å². The van der Waals surface area contributed by atoms with Crippen LogP contribution in [0.15, 0.2) is 0 Å². The van der Waals surface area contributed by atoms with Crippen LogP contribution < -0.4 is 10.6 Å². The average Bonchev–Trinajstić information content (AvgIpc) is 2.47.